The highest BCUT2D eigenvalue weighted by molar-refractivity contribution is 9.10. The second-order valence-corrected chi connectivity index (χ2v) is 4.22. The van der Waals surface area contributed by atoms with E-state index in [0.29, 0.717) is 13.2 Å². The summed E-state index contributed by atoms with van der Waals surface area (Å²) in [6.45, 7) is 2.98. The van der Waals surface area contributed by atoms with Crippen molar-refractivity contribution < 1.29 is 14.3 Å². The summed E-state index contributed by atoms with van der Waals surface area (Å²) >= 11 is 3.45. The molecular weight excluding hydrogens is 286 g/mol. The van der Waals surface area contributed by atoms with Crippen LogP contribution >= 0.6 is 15.9 Å². The van der Waals surface area contributed by atoms with Crippen LogP contribution < -0.4 is 10.1 Å². The van der Waals surface area contributed by atoms with Gasteiger partial charge in [0.2, 0.25) is 0 Å². The highest BCUT2D eigenvalue weighted by atomic mass is 79.9. The van der Waals surface area contributed by atoms with Crippen molar-refractivity contribution in [2.24, 2.45) is 0 Å². The topological polar surface area (TPSA) is 47.6 Å². The van der Waals surface area contributed by atoms with Crippen molar-refractivity contribution in [1.82, 2.24) is 5.32 Å². The zero-order valence-corrected chi connectivity index (χ0v) is 11.5. The molecule has 0 aliphatic heterocycles. The number of methoxy groups -OCH3 is 1. The van der Waals surface area contributed by atoms with Crippen molar-refractivity contribution >= 4 is 21.9 Å². The number of benzene rings is 1. The first-order chi connectivity index (χ1) is 8.17. The Kier molecular flexibility index (Phi) is 6.00. The maximum absolute atomic E-state index is 11.1. The van der Waals surface area contributed by atoms with Gasteiger partial charge in [-0.05, 0) is 30.7 Å². The van der Waals surface area contributed by atoms with Gasteiger partial charge in [0, 0.05) is 11.0 Å². The third kappa shape index (κ3) is 4.75. The number of ether oxygens (including phenoxy) is 2. The van der Waals surface area contributed by atoms with E-state index >= 15 is 0 Å². The van der Waals surface area contributed by atoms with Crippen molar-refractivity contribution in [3.63, 3.8) is 0 Å². The lowest BCUT2D eigenvalue weighted by molar-refractivity contribution is -0.142. The summed E-state index contributed by atoms with van der Waals surface area (Å²) in [5.41, 5.74) is 1.04. The quantitative estimate of drug-likeness (QED) is 0.818. The van der Waals surface area contributed by atoms with Gasteiger partial charge in [0.15, 0.2) is 0 Å². The smallest absolute Gasteiger partial charge is 0.319 e. The molecule has 0 unspecified atom stereocenters. The maximum Gasteiger partial charge on any atom is 0.319 e. The highest BCUT2D eigenvalue weighted by Crippen LogP contribution is 2.22. The lowest BCUT2D eigenvalue weighted by atomic mass is 10.2. The molecule has 1 rings (SSSR count). The van der Waals surface area contributed by atoms with Gasteiger partial charge in [-0.1, -0.05) is 15.9 Å². The Morgan fingerprint density at radius 2 is 2.24 bits per heavy atom. The molecule has 1 aromatic carbocycles. The van der Waals surface area contributed by atoms with Crippen LogP contribution in [-0.4, -0.2) is 26.2 Å². The summed E-state index contributed by atoms with van der Waals surface area (Å²) in [5.74, 6) is 0.549. The standard InChI is InChI=1S/C12H16BrNO3/c1-3-17-12(15)8-14-7-9-6-10(16-2)4-5-11(9)13/h4-6,14H,3,7-8H2,1-2H3. The summed E-state index contributed by atoms with van der Waals surface area (Å²) in [7, 11) is 1.62. The Balaban J connectivity index is 2.48. The van der Waals surface area contributed by atoms with Gasteiger partial charge in [-0.2, -0.15) is 0 Å². The van der Waals surface area contributed by atoms with Gasteiger partial charge in [0.05, 0.1) is 20.3 Å². The number of carbonyl (C=O) groups excluding carboxylic acids is 1. The van der Waals surface area contributed by atoms with Crippen molar-refractivity contribution in [3.8, 4) is 5.75 Å². The third-order valence-electron chi connectivity index (χ3n) is 2.14. The Labute approximate surface area is 109 Å². The summed E-state index contributed by atoms with van der Waals surface area (Å²) in [6.07, 6.45) is 0. The van der Waals surface area contributed by atoms with Crippen LogP contribution in [0.1, 0.15) is 12.5 Å². The second kappa shape index (κ2) is 7.29. The molecule has 0 spiro atoms. The number of esters is 1. The molecule has 0 saturated heterocycles. The maximum atomic E-state index is 11.1. The van der Waals surface area contributed by atoms with E-state index in [1.54, 1.807) is 14.0 Å². The van der Waals surface area contributed by atoms with E-state index in [0.717, 1.165) is 15.8 Å². The largest absolute Gasteiger partial charge is 0.497 e. The molecule has 0 bridgehead atoms. The van der Waals surface area contributed by atoms with Crippen molar-refractivity contribution in [1.29, 1.82) is 0 Å². The van der Waals surface area contributed by atoms with E-state index in [-0.39, 0.29) is 12.5 Å². The van der Waals surface area contributed by atoms with E-state index < -0.39 is 0 Å². The first-order valence-electron chi connectivity index (χ1n) is 5.36. The SMILES string of the molecule is CCOC(=O)CNCc1cc(OC)ccc1Br. The average Bonchev–Trinajstić information content (AvgIpc) is 2.32. The van der Waals surface area contributed by atoms with Gasteiger partial charge < -0.3 is 14.8 Å². The van der Waals surface area contributed by atoms with Crippen LogP contribution in [0, 0.1) is 0 Å². The molecule has 1 N–H and O–H groups in total. The van der Waals surface area contributed by atoms with Crippen LogP contribution in [0.2, 0.25) is 0 Å². The van der Waals surface area contributed by atoms with Gasteiger partial charge in [0.1, 0.15) is 5.75 Å². The predicted octanol–water partition coefficient (Wildman–Crippen LogP) is 2.11. The minimum atomic E-state index is -0.244. The number of nitrogens with one attached hydrogen (secondary N) is 1. The molecule has 0 atom stereocenters. The molecule has 0 heterocycles. The molecule has 1 aromatic rings. The normalized spacial score (nSPS) is 10.1. The van der Waals surface area contributed by atoms with Crippen LogP contribution in [-0.2, 0) is 16.1 Å². The monoisotopic (exact) mass is 301 g/mol. The van der Waals surface area contributed by atoms with Gasteiger partial charge in [-0.15, -0.1) is 0 Å². The number of halogens is 1. The first-order valence-corrected chi connectivity index (χ1v) is 6.15. The van der Waals surface area contributed by atoms with E-state index in [2.05, 4.69) is 21.2 Å². The second-order valence-electron chi connectivity index (χ2n) is 3.37. The van der Waals surface area contributed by atoms with E-state index in [1.807, 2.05) is 18.2 Å². The van der Waals surface area contributed by atoms with Gasteiger partial charge >= 0.3 is 5.97 Å². The number of hydrogen-bond acceptors (Lipinski definition) is 4. The van der Waals surface area contributed by atoms with Gasteiger partial charge in [-0.25, -0.2) is 0 Å². The minimum Gasteiger partial charge on any atom is -0.497 e. The van der Waals surface area contributed by atoms with E-state index in [9.17, 15) is 4.79 Å². The van der Waals surface area contributed by atoms with Crippen LogP contribution in [0.25, 0.3) is 0 Å². The van der Waals surface area contributed by atoms with Gasteiger partial charge in [-0.3, -0.25) is 4.79 Å². The van der Waals surface area contributed by atoms with Crippen LogP contribution in [0.4, 0.5) is 0 Å². The number of rotatable bonds is 6. The van der Waals surface area contributed by atoms with Crippen molar-refractivity contribution in [2.75, 3.05) is 20.3 Å². The van der Waals surface area contributed by atoms with E-state index in [4.69, 9.17) is 9.47 Å². The lowest BCUT2D eigenvalue weighted by Gasteiger charge is -2.08. The van der Waals surface area contributed by atoms with Crippen molar-refractivity contribution in [2.45, 2.75) is 13.5 Å². The molecule has 0 amide bonds. The van der Waals surface area contributed by atoms with E-state index in [1.165, 1.54) is 0 Å². The molecule has 5 heteroatoms. The lowest BCUT2D eigenvalue weighted by Crippen LogP contribution is -2.24. The van der Waals surface area contributed by atoms with Crippen LogP contribution in [0.15, 0.2) is 22.7 Å². The molecule has 0 fully saturated rings. The third-order valence-corrected chi connectivity index (χ3v) is 2.92. The van der Waals surface area contributed by atoms with Crippen LogP contribution in [0.5, 0.6) is 5.75 Å². The Morgan fingerprint density at radius 1 is 1.47 bits per heavy atom. The Bertz CT molecular complexity index is 382. The predicted molar refractivity (Wildman–Crippen MR) is 69.0 cm³/mol. The molecule has 0 aliphatic carbocycles. The highest BCUT2D eigenvalue weighted by Gasteiger charge is 2.04. The Hall–Kier alpha value is -1.07. The molecule has 17 heavy (non-hydrogen) atoms. The molecule has 94 valence electrons. The fourth-order valence-corrected chi connectivity index (χ4v) is 1.71. The zero-order chi connectivity index (χ0) is 12.7. The molecule has 0 aliphatic rings. The molecule has 0 radical (unpaired) electrons. The van der Waals surface area contributed by atoms with Crippen molar-refractivity contribution in [3.05, 3.63) is 28.2 Å². The van der Waals surface area contributed by atoms with Gasteiger partial charge in [0.25, 0.3) is 0 Å². The molecule has 4 nitrogen and oxygen atoms in total. The molecular formula is C12H16BrNO3. The summed E-state index contributed by atoms with van der Waals surface area (Å²) in [4.78, 5) is 11.1. The molecule has 0 aromatic heterocycles. The average molecular weight is 302 g/mol. The molecule has 0 saturated carbocycles. The number of hydrogen-bond donors (Lipinski definition) is 1. The zero-order valence-electron chi connectivity index (χ0n) is 9.96. The fraction of sp³-hybridized carbons (Fsp3) is 0.417. The Morgan fingerprint density at radius 3 is 2.88 bits per heavy atom. The summed E-state index contributed by atoms with van der Waals surface area (Å²) < 4.78 is 10.9. The number of carbonyl (C=O) groups is 1. The summed E-state index contributed by atoms with van der Waals surface area (Å²) in [6, 6.07) is 5.71. The minimum absolute atomic E-state index is 0.206. The fourth-order valence-electron chi connectivity index (χ4n) is 1.32. The first kappa shape index (κ1) is 14.0. The summed E-state index contributed by atoms with van der Waals surface area (Å²) in [5, 5.41) is 3.02. The van der Waals surface area contributed by atoms with Crippen LogP contribution in [0.3, 0.4) is 0 Å².